The molecule has 0 amide bonds. The van der Waals surface area contributed by atoms with Crippen molar-refractivity contribution in [3.8, 4) is 6.07 Å². The first-order valence-electron chi connectivity index (χ1n) is 5.49. The third-order valence-electron chi connectivity index (χ3n) is 2.52. The van der Waals surface area contributed by atoms with Gasteiger partial charge >= 0.3 is 0 Å². The summed E-state index contributed by atoms with van der Waals surface area (Å²) in [6, 6.07) is 7.93. The normalized spacial score (nSPS) is 11.4. The highest BCUT2D eigenvalue weighted by atomic mass is 32.2. The lowest BCUT2D eigenvalue weighted by Gasteiger charge is -2.16. The molecule has 0 saturated carbocycles. The van der Waals surface area contributed by atoms with E-state index in [1.54, 1.807) is 7.05 Å². The van der Waals surface area contributed by atoms with E-state index in [9.17, 15) is 8.42 Å². The van der Waals surface area contributed by atoms with Gasteiger partial charge < -0.3 is 0 Å². The molecular weight excluding hydrogens is 236 g/mol. The Morgan fingerprint density at radius 3 is 2.35 bits per heavy atom. The van der Waals surface area contributed by atoms with E-state index in [-0.39, 0.29) is 4.90 Å². The molecule has 0 N–H and O–H groups in total. The number of hydrogen-bond donors (Lipinski definition) is 0. The van der Waals surface area contributed by atoms with Gasteiger partial charge in [0.1, 0.15) is 0 Å². The maximum absolute atomic E-state index is 12.1. The Kier molecular flexibility index (Phi) is 4.67. The van der Waals surface area contributed by atoms with Crippen molar-refractivity contribution < 1.29 is 8.42 Å². The number of rotatable bonds is 5. The Hall–Kier alpha value is -1.38. The molecule has 1 aromatic rings. The SMILES string of the molecule is CCCCN(C)S(=O)(=O)c1ccc(C#N)cc1. The van der Waals surface area contributed by atoms with Crippen molar-refractivity contribution >= 4 is 10.0 Å². The fraction of sp³-hybridized carbons (Fsp3) is 0.417. The van der Waals surface area contributed by atoms with Gasteiger partial charge in [-0.3, -0.25) is 0 Å². The van der Waals surface area contributed by atoms with E-state index in [0.717, 1.165) is 12.8 Å². The van der Waals surface area contributed by atoms with Crippen molar-refractivity contribution in [1.82, 2.24) is 4.31 Å². The van der Waals surface area contributed by atoms with Gasteiger partial charge in [0, 0.05) is 13.6 Å². The minimum Gasteiger partial charge on any atom is -0.207 e. The molecule has 0 bridgehead atoms. The van der Waals surface area contributed by atoms with Gasteiger partial charge in [0.2, 0.25) is 10.0 Å². The van der Waals surface area contributed by atoms with Crippen LogP contribution in [0.5, 0.6) is 0 Å². The van der Waals surface area contributed by atoms with Crippen LogP contribution < -0.4 is 0 Å². The molecule has 0 saturated heterocycles. The zero-order chi connectivity index (χ0) is 12.9. The molecule has 0 spiro atoms. The standard InChI is InChI=1S/C12H16N2O2S/c1-3-4-9-14(2)17(15,16)12-7-5-11(10-13)6-8-12/h5-8H,3-4,9H2,1-2H3. The Balaban J connectivity index is 2.93. The summed E-state index contributed by atoms with van der Waals surface area (Å²) >= 11 is 0. The minimum absolute atomic E-state index is 0.232. The number of hydrogen-bond acceptors (Lipinski definition) is 3. The van der Waals surface area contributed by atoms with Crippen LogP contribution in [0.3, 0.4) is 0 Å². The molecule has 17 heavy (non-hydrogen) atoms. The number of benzene rings is 1. The second-order valence-electron chi connectivity index (χ2n) is 3.82. The van der Waals surface area contributed by atoms with E-state index in [1.165, 1.54) is 28.6 Å². The zero-order valence-corrected chi connectivity index (χ0v) is 10.9. The van der Waals surface area contributed by atoms with Crippen LogP contribution in [0.2, 0.25) is 0 Å². The highest BCUT2D eigenvalue weighted by Crippen LogP contribution is 2.15. The number of sulfonamides is 1. The van der Waals surface area contributed by atoms with Crippen molar-refractivity contribution in [3.05, 3.63) is 29.8 Å². The Labute approximate surface area is 103 Å². The first-order valence-corrected chi connectivity index (χ1v) is 6.93. The summed E-state index contributed by atoms with van der Waals surface area (Å²) in [7, 11) is -1.84. The predicted molar refractivity (Wildman–Crippen MR) is 65.9 cm³/mol. The Bertz CT molecular complexity index is 500. The summed E-state index contributed by atoms with van der Waals surface area (Å²) in [5.41, 5.74) is 0.458. The van der Waals surface area contributed by atoms with Crippen LogP contribution in [-0.4, -0.2) is 26.3 Å². The van der Waals surface area contributed by atoms with Crippen molar-refractivity contribution in [2.24, 2.45) is 0 Å². The second-order valence-corrected chi connectivity index (χ2v) is 5.86. The molecule has 0 fully saturated rings. The number of nitriles is 1. The second kappa shape index (κ2) is 5.80. The monoisotopic (exact) mass is 252 g/mol. The van der Waals surface area contributed by atoms with E-state index in [2.05, 4.69) is 0 Å². The van der Waals surface area contributed by atoms with Gasteiger partial charge in [-0.2, -0.15) is 5.26 Å². The van der Waals surface area contributed by atoms with Crippen molar-refractivity contribution in [2.75, 3.05) is 13.6 Å². The summed E-state index contributed by atoms with van der Waals surface area (Å²) in [4.78, 5) is 0.232. The minimum atomic E-state index is -3.41. The third-order valence-corrected chi connectivity index (χ3v) is 4.39. The molecule has 4 nitrogen and oxygen atoms in total. The van der Waals surface area contributed by atoms with E-state index in [4.69, 9.17) is 5.26 Å². The topological polar surface area (TPSA) is 61.2 Å². The van der Waals surface area contributed by atoms with Gasteiger partial charge in [0.05, 0.1) is 16.5 Å². The number of unbranched alkanes of at least 4 members (excludes halogenated alkanes) is 1. The van der Waals surface area contributed by atoms with Crippen molar-refractivity contribution in [2.45, 2.75) is 24.7 Å². The molecule has 0 aliphatic heterocycles. The van der Waals surface area contributed by atoms with Gasteiger partial charge in [-0.05, 0) is 30.7 Å². The highest BCUT2D eigenvalue weighted by Gasteiger charge is 2.19. The van der Waals surface area contributed by atoms with Crippen molar-refractivity contribution in [3.63, 3.8) is 0 Å². The average molecular weight is 252 g/mol. The van der Waals surface area contributed by atoms with Gasteiger partial charge in [-0.15, -0.1) is 0 Å². The van der Waals surface area contributed by atoms with Crippen LogP contribution in [0.1, 0.15) is 25.3 Å². The first-order chi connectivity index (χ1) is 8.02. The van der Waals surface area contributed by atoms with Gasteiger partial charge in [-0.1, -0.05) is 13.3 Å². The van der Waals surface area contributed by atoms with Crippen LogP contribution in [0.4, 0.5) is 0 Å². The summed E-state index contributed by atoms with van der Waals surface area (Å²) in [6.45, 7) is 2.53. The molecule has 5 heteroatoms. The van der Waals surface area contributed by atoms with E-state index >= 15 is 0 Å². The Morgan fingerprint density at radius 2 is 1.88 bits per heavy atom. The van der Waals surface area contributed by atoms with E-state index in [0.29, 0.717) is 12.1 Å². The lowest BCUT2D eigenvalue weighted by atomic mass is 10.2. The van der Waals surface area contributed by atoms with Gasteiger partial charge in [-0.25, -0.2) is 12.7 Å². The van der Waals surface area contributed by atoms with Gasteiger partial charge in [0.15, 0.2) is 0 Å². The lowest BCUT2D eigenvalue weighted by molar-refractivity contribution is 0.459. The zero-order valence-electron chi connectivity index (χ0n) is 10.0. The summed E-state index contributed by atoms with van der Waals surface area (Å²) in [6.07, 6.45) is 1.79. The molecule has 1 rings (SSSR count). The van der Waals surface area contributed by atoms with Crippen LogP contribution in [-0.2, 0) is 10.0 Å². The lowest BCUT2D eigenvalue weighted by Crippen LogP contribution is -2.27. The predicted octanol–water partition coefficient (Wildman–Crippen LogP) is 1.98. The maximum atomic E-state index is 12.1. The number of nitrogens with zero attached hydrogens (tertiary/aromatic N) is 2. The third kappa shape index (κ3) is 3.29. The van der Waals surface area contributed by atoms with Crippen LogP contribution in [0.15, 0.2) is 29.2 Å². The van der Waals surface area contributed by atoms with E-state index in [1.807, 2.05) is 13.0 Å². The molecule has 0 aromatic heterocycles. The highest BCUT2D eigenvalue weighted by molar-refractivity contribution is 7.89. The van der Waals surface area contributed by atoms with Crippen LogP contribution in [0, 0.1) is 11.3 Å². The van der Waals surface area contributed by atoms with Crippen LogP contribution >= 0.6 is 0 Å². The molecule has 1 aromatic carbocycles. The molecule has 0 radical (unpaired) electrons. The quantitative estimate of drug-likeness (QED) is 0.805. The molecule has 0 aliphatic rings. The van der Waals surface area contributed by atoms with Crippen LogP contribution in [0.25, 0.3) is 0 Å². The Morgan fingerprint density at radius 1 is 1.29 bits per heavy atom. The molecule has 92 valence electrons. The molecule has 0 aliphatic carbocycles. The summed E-state index contributed by atoms with van der Waals surface area (Å²) in [5.74, 6) is 0. The van der Waals surface area contributed by atoms with Gasteiger partial charge in [0.25, 0.3) is 0 Å². The molecular formula is C12H16N2O2S. The van der Waals surface area contributed by atoms with E-state index < -0.39 is 10.0 Å². The largest absolute Gasteiger partial charge is 0.242 e. The molecule has 0 heterocycles. The fourth-order valence-corrected chi connectivity index (χ4v) is 2.59. The smallest absolute Gasteiger partial charge is 0.207 e. The maximum Gasteiger partial charge on any atom is 0.242 e. The van der Waals surface area contributed by atoms with Crippen molar-refractivity contribution in [1.29, 1.82) is 5.26 Å². The summed E-state index contributed by atoms with van der Waals surface area (Å²) in [5, 5.41) is 8.65. The molecule has 0 atom stereocenters. The molecule has 0 unspecified atom stereocenters. The fourth-order valence-electron chi connectivity index (χ4n) is 1.38. The first kappa shape index (κ1) is 13.7. The average Bonchev–Trinajstić information content (AvgIpc) is 2.35. The summed E-state index contributed by atoms with van der Waals surface area (Å²) < 4.78 is 25.5.